The molecule has 0 saturated carbocycles. The number of anilines is 1. The van der Waals surface area contributed by atoms with Gasteiger partial charge in [-0.05, 0) is 48.1 Å². The van der Waals surface area contributed by atoms with E-state index in [1.807, 2.05) is 57.2 Å². The maximum absolute atomic E-state index is 14.0. The summed E-state index contributed by atoms with van der Waals surface area (Å²) in [5, 5.41) is 9.03. The molecule has 4 amide bonds. The molecule has 11 nitrogen and oxygen atoms in total. The van der Waals surface area contributed by atoms with E-state index in [0.29, 0.717) is 56.9 Å². The molecule has 3 heterocycles. The van der Waals surface area contributed by atoms with Gasteiger partial charge in [0, 0.05) is 58.2 Å². The first-order chi connectivity index (χ1) is 21.9. The van der Waals surface area contributed by atoms with Crippen LogP contribution in [0.25, 0.3) is 0 Å². The molecular formula is C35H47N5O6. The van der Waals surface area contributed by atoms with Crippen molar-refractivity contribution < 1.29 is 28.7 Å². The van der Waals surface area contributed by atoms with Gasteiger partial charge in [0.2, 0.25) is 17.7 Å². The van der Waals surface area contributed by atoms with Crippen molar-refractivity contribution in [2.45, 2.75) is 84.2 Å². The number of fused-ring (bicyclic) bond motifs is 4. The Hall–Kier alpha value is -3.96. The molecule has 11 heteroatoms. The Kier molecular flexibility index (Phi) is 10.6. The molecular weight excluding hydrogens is 586 g/mol. The molecule has 2 saturated heterocycles. The predicted octanol–water partition coefficient (Wildman–Crippen LogP) is 3.34. The monoisotopic (exact) mass is 633 g/mol. The molecule has 2 aromatic carbocycles. The van der Waals surface area contributed by atoms with Crippen molar-refractivity contribution in [3.63, 3.8) is 0 Å². The summed E-state index contributed by atoms with van der Waals surface area (Å²) in [6.07, 6.45) is 2.01. The molecule has 0 aliphatic carbocycles. The highest BCUT2D eigenvalue weighted by Crippen LogP contribution is 2.27. The topological polar surface area (TPSA) is 129 Å². The molecule has 0 radical (unpaired) electrons. The van der Waals surface area contributed by atoms with Crippen LogP contribution in [0, 0.1) is 5.41 Å². The number of benzene rings is 2. The number of rotatable bonds is 5. The van der Waals surface area contributed by atoms with Gasteiger partial charge in [-0.2, -0.15) is 0 Å². The van der Waals surface area contributed by atoms with Gasteiger partial charge in [0.15, 0.2) is 0 Å². The van der Waals surface area contributed by atoms with Crippen LogP contribution in [0.3, 0.4) is 0 Å². The van der Waals surface area contributed by atoms with Gasteiger partial charge >= 0.3 is 0 Å². The summed E-state index contributed by atoms with van der Waals surface area (Å²) in [4.78, 5) is 56.0. The minimum absolute atomic E-state index is 0.0324. The molecule has 3 aliphatic heterocycles. The van der Waals surface area contributed by atoms with Crippen molar-refractivity contribution in [2.24, 2.45) is 5.41 Å². The SMILES string of the molecule is CC(=O)Nc1ccc(CN2CCN3C(=O)c4ccccc4OCC[C@@H]4CC[C@@H](NC(=O)CC(C)(C)C)[C@@H](CNC(=O)[C@@H]3C2)O4)cc1. The zero-order chi connectivity index (χ0) is 32.8. The third-order valence-electron chi connectivity index (χ3n) is 8.65. The molecule has 3 N–H and O–H groups in total. The summed E-state index contributed by atoms with van der Waals surface area (Å²) in [5.74, 6) is -0.177. The van der Waals surface area contributed by atoms with E-state index >= 15 is 0 Å². The summed E-state index contributed by atoms with van der Waals surface area (Å²) in [7, 11) is 0. The first-order valence-electron chi connectivity index (χ1n) is 16.3. The molecule has 2 fully saturated rings. The average Bonchev–Trinajstić information content (AvgIpc) is 3.00. The van der Waals surface area contributed by atoms with E-state index in [1.54, 1.807) is 17.0 Å². The van der Waals surface area contributed by atoms with E-state index in [-0.39, 0.29) is 47.7 Å². The number of carbonyl (C=O) groups is 4. The van der Waals surface area contributed by atoms with Crippen LogP contribution in [-0.4, -0.2) is 90.5 Å². The quantitative estimate of drug-likeness (QED) is 0.461. The van der Waals surface area contributed by atoms with Crippen molar-refractivity contribution in [3.05, 3.63) is 59.7 Å². The van der Waals surface area contributed by atoms with E-state index in [0.717, 1.165) is 24.1 Å². The van der Waals surface area contributed by atoms with Crippen molar-refractivity contribution in [1.29, 1.82) is 0 Å². The Morgan fingerprint density at radius 3 is 2.50 bits per heavy atom. The van der Waals surface area contributed by atoms with Crippen LogP contribution < -0.4 is 20.7 Å². The van der Waals surface area contributed by atoms with Crippen molar-refractivity contribution in [1.82, 2.24) is 20.4 Å². The van der Waals surface area contributed by atoms with Crippen LogP contribution in [0.4, 0.5) is 5.69 Å². The highest BCUT2D eigenvalue weighted by molar-refractivity contribution is 6.00. The lowest BCUT2D eigenvalue weighted by molar-refractivity contribution is -0.131. The van der Waals surface area contributed by atoms with Crippen LogP contribution in [0.15, 0.2) is 48.5 Å². The van der Waals surface area contributed by atoms with Gasteiger partial charge in [-0.3, -0.25) is 24.1 Å². The van der Waals surface area contributed by atoms with Crippen LogP contribution in [0.2, 0.25) is 0 Å². The lowest BCUT2D eigenvalue weighted by Gasteiger charge is -2.42. The fourth-order valence-corrected chi connectivity index (χ4v) is 6.42. The van der Waals surface area contributed by atoms with E-state index < -0.39 is 12.1 Å². The average molecular weight is 634 g/mol. The zero-order valence-corrected chi connectivity index (χ0v) is 27.3. The van der Waals surface area contributed by atoms with Gasteiger partial charge < -0.3 is 30.3 Å². The van der Waals surface area contributed by atoms with Crippen molar-refractivity contribution in [3.8, 4) is 5.75 Å². The fourth-order valence-electron chi connectivity index (χ4n) is 6.42. The molecule has 5 rings (SSSR count). The van der Waals surface area contributed by atoms with Crippen molar-refractivity contribution >= 4 is 29.3 Å². The molecule has 248 valence electrons. The number of carbonyl (C=O) groups excluding carboxylic acids is 4. The molecule has 0 spiro atoms. The maximum Gasteiger partial charge on any atom is 0.258 e. The van der Waals surface area contributed by atoms with Crippen LogP contribution in [-0.2, 0) is 25.7 Å². The maximum atomic E-state index is 14.0. The van der Waals surface area contributed by atoms with Crippen LogP contribution >= 0.6 is 0 Å². The van der Waals surface area contributed by atoms with Gasteiger partial charge in [-0.25, -0.2) is 0 Å². The number of piperazine rings is 1. The Labute approximate surface area is 271 Å². The summed E-state index contributed by atoms with van der Waals surface area (Å²) >= 11 is 0. The third kappa shape index (κ3) is 8.85. The van der Waals surface area contributed by atoms with Gasteiger partial charge in [0.05, 0.1) is 30.4 Å². The lowest BCUT2D eigenvalue weighted by Crippen LogP contribution is -2.62. The Balaban J connectivity index is 1.36. The van der Waals surface area contributed by atoms with E-state index in [2.05, 4.69) is 20.9 Å². The minimum atomic E-state index is -0.746. The number of para-hydroxylation sites is 1. The Morgan fingerprint density at radius 1 is 1.00 bits per heavy atom. The number of hydrogen-bond acceptors (Lipinski definition) is 7. The second-order valence-electron chi connectivity index (χ2n) is 13.8. The lowest BCUT2D eigenvalue weighted by atomic mass is 9.91. The summed E-state index contributed by atoms with van der Waals surface area (Å²) in [6.45, 7) is 10.0. The standard InChI is InChI=1S/C35H47N5O6/c1-23(41)37-25-11-9-24(10-12-25)21-39-16-17-40-29(22-39)33(43)36-20-31-28(38-32(42)19-35(2,3)4)14-13-26(46-31)15-18-45-30-8-6-5-7-27(30)34(40)44/h5-12,26,28-29,31H,13-22H2,1-4H3,(H,36,43)(H,37,41)(H,38,42)/t26-,28+,29-,31+/m0/s1. The number of amides is 4. The normalized spacial score (nSPS) is 24.4. The second-order valence-corrected chi connectivity index (χ2v) is 13.8. The summed E-state index contributed by atoms with van der Waals surface area (Å²) < 4.78 is 12.6. The van der Waals surface area contributed by atoms with Crippen LogP contribution in [0.1, 0.15) is 69.3 Å². The smallest absolute Gasteiger partial charge is 0.258 e. The van der Waals surface area contributed by atoms with E-state index in [4.69, 9.17) is 9.47 Å². The predicted molar refractivity (Wildman–Crippen MR) is 174 cm³/mol. The van der Waals surface area contributed by atoms with E-state index in [1.165, 1.54) is 6.92 Å². The second kappa shape index (κ2) is 14.6. The van der Waals surface area contributed by atoms with Gasteiger partial charge in [-0.15, -0.1) is 0 Å². The molecule has 46 heavy (non-hydrogen) atoms. The molecule has 4 atom stereocenters. The molecule has 0 unspecified atom stereocenters. The van der Waals surface area contributed by atoms with Crippen LogP contribution in [0.5, 0.6) is 5.75 Å². The summed E-state index contributed by atoms with van der Waals surface area (Å²) in [6, 6.07) is 13.8. The number of nitrogens with one attached hydrogen (secondary N) is 3. The molecule has 0 aromatic heterocycles. The zero-order valence-electron chi connectivity index (χ0n) is 27.3. The van der Waals surface area contributed by atoms with E-state index in [9.17, 15) is 19.2 Å². The Bertz CT molecular complexity index is 1410. The highest BCUT2D eigenvalue weighted by atomic mass is 16.5. The Morgan fingerprint density at radius 2 is 1.76 bits per heavy atom. The highest BCUT2D eigenvalue weighted by Gasteiger charge is 2.39. The first-order valence-corrected chi connectivity index (χ1v) is 16.3. The first kappa shape index (κ1) is 33.4. The third-order valence-corrected chi connectivity index (χ3v) is 8.65. The van der Waals surface area contributed by atoms with Gasteiger partial charge in [0.1, 0.15) is 11.8 Å². The minimum Gasteiger partial charge on any atom is -0.493 e. The fraction of sp³-hybridized carbons (Fsp3) is 0.543. The number of nitrogens with zero attached hydrogens (tertiary/aromatic N) is 2. The van der Waals surface area contributed by atoms with Crippen molar-refractivity contribution in [2.75, 3.05) is 38.1 Å². The number of hydrogen-bond donors (Lipinski definition) is 3. The number of ether oxygens (including phenoxy) is 2. The summed E-state index contributed by atoms with van der Waals surface area (Å²) in [5.41, 5.74) is 2.04. The van der Waals surface area contributed by atoms with Gasteiger partial charge in [0.25, 0.3) is 5.91 Å². The van der Waals surface area contributed by atoms with Gasteiger partial charge in [-0.1, -0.05) is 45.0 Å². The largest absolute Gasteiger partial charge is 0.493 e. The molecule has 3 aliphatic rings. The molecule has 2 aromatic rings. The molecule has 2 bridgehead atoms.